The number of rotatable bonds is 3. The molecule has 24 heavy (non-hydrogen) atoms. The van der Waals surface area contributed by atoms with Crippen molar-refractivity contribution >= 4 is 5.91 Å². The first-order chi connectivity index (χ1) is 11.6. The molecule has 0 unspecified atom stereocenters. The summed E-state index contributed by atoms with van der Waals surface area (Å²) < 4.78 is 0. The highest BCUT2D eigenvalue weighted by Crippen LogP contribution is 2.26. The van der Waals surface area contributed by atoms with Crippen molar-refractivity contribution in [2.75, 3.05) is 26.2 Å². The van der Waals surface area contributed by atoms with Crippen LogP contribution in [0.15, 0.2) is 48.1 Å². The van der Waals surface area contributed by atoms with Crippen molar-refractivity contribution in [1.29, 1.82) is 0 Å². The van der Waals surface area contributed by atoms with E-state index in [4.69, 9.17) is 0 Å². The van der Waals surface area contributed by atoms with E-state index in [1.54, 1.807) is 0 Å². The Hall–Kier alpha value is -2.01. The number of nitrogens with zero attached hydrogens (tertiary/aromatic N) is 3. The van der Waals surface area contributed by atoms with Crippen molar-refractivity contribution in [2.24, 2.45) is 0 Å². The van der Waals surface area contributed by atoms with Gasteiger partial charge in [-0.15, -0.1) is 0 Å². The van der Waals surface area contributed by atoms with Gasteiger partial charge in [0.25, 0.3) is 5.91 Å². The van der Waals surface area contributed by atoms with Crippen LogP contribution in [0.25, 0.3) is 0 Å². The Labute approximate surface area is 144 Å². The summed E-state index contributed by atoms with van der Waals surface area (Å²) in [5.41, 5.74) is 2.58. The van der Waals surface area contributed by atoms with Crippen LogP contribution in [0.3, 0.4) is 0 Å². The minimum atomic E-state index is -0.280. The van der Waals surface area contributed by atoms with Gasteiger partial charge in [0.15, 0.2) is 0 Å². The lowest BCUT2D eigenvalue weighted by Gasteiger charge is -2.35. The van der Waals surface area contributed by atoms with Gasteiger partial charge in [-0.1, -0.05) is 12.7 Å². The molecule has 3 rings (SSSR count). The lowest BCUT2D eigenvalue weighted by atomic mass is 10.1. The van der Waals surface area contributed by atoms with Gasteiger partial charge in [0.1, 0.15) is 5.70 Å². The van der Waals surface area contributed by atoms with E-state index in [2.05, 4.69) is 17.6 Å². The molecule has 0 aromatic heterocycles. The molecule has 2 saturated heterocycles. The van der Waals surface area contributed by atoms with Gasteiger partial charge in [0.05, 0.1) is 11.8 Å². The number of carbonyl (C=O) groups is 1. The van der Waals surface area contributed by atoms with E-state index in [0.29, 0.717) is 31.6 Å². The quantitative estimate of drug-likeness (QED) is 0.807. The predicted octanol–water partition coefficient (Wildman–Crippen LogP) is 2.20. The van der Waals surface area contributed by atoms with E-state index in [1.165, 1.54) is 12.8 Å². The number of likely N-dealkylation sites (tertiary alicyclic amines) is 2. The Morgan fingerprint density at radius 2 is 1.88 bits per heavy atom. The highest BCUT2D eigenvalue weighted by atomic mass is 16.3. The zero-order valence-corrected chi connectivity index (χ0v) is 14.4. The van der Waals surface area contributed by atoms with Crippen molar-refractivity contribution in [1.82, 2.24) is 14.7 Å². The van der Waals surface area contributed by atoms with Crippen molar-refractivity contribution in [3.8, 4) is 0 Å². The van der Waals surface area contributed by atoms with Gasteiger partial charge in [-0.05, 0) is 44.8 Å². The van der Waals surface area contributed by atoms with Crippen LogP contribution in [0.4, 0.5) is 0 Å². The summed E-state index contributed by atoms with van der Waals surface area (Å²) in [4.78, 5) is 19.0. The summed E-state index contributed by atoms with van der Waals surface area (Å²) in [6.45, 7) is 9.33. The molecule has 1 amide bonds. The van der Waals surface area contributed by atoms with Crippen LogP contribution < -0.4 is 0 Å². The normalized spacial score (nSPS) is 23.1. The fraction of sp³-hybridized carbons (Fsp3) is 0.526. The minimum Gasteiger partial charge on any atom is -0.393 e. The SMILES string of the molecule is C=C1C=CC(N2CCCC2)=CN1/C(=C\C)C(=O)N1CCC(O)CC1. The summed E-state index contributed by atoms with van der Waals surface area (Å²) in [5.74, 6) is 0.0119. The van der Waals surface area contributed by atoms with Crippen LogP contribution in [0.2, 0.25) is 0 Å². The van der Waals surface area contributed by atoms with E-state index in [9.17, 15) is 9.90 Å². The molecule has 5 heteroatoms. The number of aliphatic hydroxyl groups excluding tert-OH is 1. The lowest BCUT2D eigenvalue weighted by Crippen LogP contribution is -2.43. The van der Waals surface area contributed by atoms with Crippen LogP contribution in [0.1, 0.15) is 32.6 Å². The maximum atomic E-state index is 12.9. The molecule has 0 radical (unpaired) electrons. The van der Waals surface area contributed by atoms with Crippen LogP contribution >= 0.6 is 0 Å². The zero-order chi connectivity index (χ0) is 17.1. The molecule has 2 fully saturated rings. The Balaban J connectivity index is 1.77. The lowest BCUT2D eigenvalue weighted by molar-refractivity contribution is -0.130. The van der Waals surface area contributed by atoms with E-state index < -0.39 is 0 Å². The van der Waals surface area contributed by atoms with Gasteiger partial charge in [-0.2, -0.15) is 0 Å². The van der Waals surface area contributed by atoms with E-state index in [-0.39, 0.29) is 12.0 Å². The largest absolute Gasteiger partial charge is 0.393 e. The second-order valence-electron chi connectivity index (χ2n) is 6.64. The van der Waals surface area contributed by atoms with Gasteiger partial charge in [0, 0.05) is 38.1 Å². The molecule has 5 nitrogen and oxygen atoms in total. The molecular formula is C19H27N3O2. The Morgan fingerprint density at radius 1 is 1.21 bits per heavy atom. The van der Waals surface area contributed by atoms with Gasteiger partial charge >= 0.3 is 0 Å². The molecule has 1 N–H and O–H groups in total. The molecule has 3 heterocycles. The number of allylic oxidation sites excluding steroid dienone is 3. The molecule has 0 aromatic carbocycles. The first-order valence-corrected chi connectivity index (χ1v) is 8.87. The maximum Gasteiger partial charge on any atom is 0.270 e. The van der Waals surface area contributed by atoms with E-state index in [1.807, 2.05) is 35.1 Å². The van der Waals surface area contributed by atoms with Crippen LogP contribution in [-0.4, -0.2) is 58.0 Å². The molecule has 0 atom stereocenters. The number of hydrogen-bond donors (Lipinski definition) is 1. The van der Waals surface area contributed by atoms with Crippen molar-refractivity contribution < 1.29 is 9.90 Å². The second kappa shape index (κ2) is 7.26. The number of carbonyl (C=O) groups excluding carboxylic acids is 1. The Kier molecular flexibility index (Phi) is 5.09. The third-order valence-corrected chi connectivity index (χ3v) is 4.99. The topological polar surface area (TPSA) is 47.0 Å². The number of amides is 1. The third-order valence-electron chi connectivity index (χ3n) is 4.99. The standard InChI is InChI=1S/C19H27N3O2/c1-3-18(19(24)21-12-8-17(23)9-13-21)22-14-16(7-6-15(22)2)20-10-4-5-11-20/h3,6-7,14,17,23H,2,4-5,8-13H2,1H3/b18-3-. The highest BCUT2D eigenvalue weighted by molar-refractivity contribution is 5.93. The van der Waals surface area contributed by atoms with E-state index >= 15 is 0 Å². The number of hydrogen-bond acceptors (Lipinski definition) is 4. The van der Waals surface area contributed by atoms with Crippen LogP contribution in [0, 0.1) is 0 Å². The van der Waals surface area contributed by atoms with Gasteiger partial charge in [-0.3, -0.25) is 4.79 Å². The summed E-state index contributed by atoms with van der Waals surface area (Å²) in [5, 5.41) is 9.65. The summed E-state index contributed by atoms with van der Waals surface area (Å²) in [7, 11) is 0. The molecule has 0 aliphatic carbocycles. The fourth-order valence-corrected chi connectivity index (χ4v) is 3.50. The average Bonchev–Trinajstić information content (AvgIpc) is 3.12. The predicted molar refractivity (Wildman–Crippen MR) is 94.6 cm³/mol. The molecular weight excluding hydrogens is 302 g/mol. The molecule has 3 aliphatic rings. The van der Waals surface area contributed by atoms with Crippen LogP contribution in [0.5, 0.6) is 0 Å². The number of aliphatic hydroxyl groups is 1. The highest BCUT2D eigenvalue weighted by Gasteiger charge is 2.28. The Morgan fingerprint density at radius 3 is 2.50 bits per heavy atom. The van der Waals surface area contributed by atoms with E-state index in [0.717, 1.165) is 24.5 Å². The van der Waals surface area contributed by atoms with Gasteiger partial charge in [-0.25, -0.2) is 0 Å². The minimum absolute atomic E-state index is 0.0119. The summed E-state index contributed by atoms with van der Waals surface area (Å²) >= 11 is 0. The monoisotopic (exact) mass is 329 g/mol. The first-order valence-electron chi connectivity index (χ1n) is 8.87. The molecule has 130 valence electrons. The van der Waals surface area contributed by atoms with Crippen LogP contribution in [-0.2, 0) is 4.79 Å². The second-order valence-corrected chi connectivity index (χ2v) is 6.64. The zero-order valence-electron chi connectivity index (χ0n) is 14.4. The molecule has 0 aromatic rings. The first kappa shape index (κ1) is 16.8. The summed E-state index contributed by atoms with van der Waals surface area (Å²) in [6.07, 6.45) is 11.4. The third kappa shape index (κ3) is 3.41. The van der Waals surface area contributed by atoms with Crippen molar-refractivity contribution in [2.45, 2.75) is 38.7 Å². The molecule has 0 spiro atoms. The van der Waals surface area contributed by atoms with Gasteiger partial charge in [0.2, 0.25) is 0 Å². The Bertz CT molecular complexity index is 592. The van der Waals surface area contributed by atoms with Crippen molar-refractivity contribution in [3.05, 3.63) is 48.1 Å². The fourth-order valence-electron chi connectivity index (χ4n) is 3.50. The maximum absolute atomic E-state index is 12.9. The molecule has 0 saturated carbocycles. The number of piperidine rings is 1. The summed E-state index contributed by atoms with van der Waals surface area (Å²) in [6, 6.07) is 0. The molecule has 3 aliphatic heterocycles. The van der Waals surface area contributed by atoms with Gasteiger partial charge < -0.3 is 19.8 Å². The smallest absolute Gasteiger partial charge is 0.270 e. The average molecular weight is 329 g/mol. The molecule has 0 bridgehead atoms. The van der Waals surface area contributed by atoms with Crippen molar-refractivity contribution in [3.63, 3.8) is 0 Å².